The molecule has 3 aromatic rings. The van der Waals surface area contributed by atoms with E-state index in [0.29, 0.717) is 5.75 Å². The highest BCUT2D eigenvalue weighted by molar-refractivity contribution is 7.92. The third kappa shape index (κ3) is 4.40. The van der Waals surface area contributed by atoms with Crippen molar-refractivity contribution in [2.75, 3.05) is 10.0 Å². The minimum atomic E-state index is -3.77. The van der Waals surface area contributed by atoms with Crippen LogP contribution in [0, 0.1) is 0 Å². The van der Waals surface area contributed by atoms with Gasteiger partial charge in [0.15, 0.2) is 0 Å². The van der Waals surface area contributed by atoms with E-state index in [1.807, 2.05) is 0 Å². The zero-order chi connectivity index (χ0) is 18.4. The molecule has 6 nitrogen and oxygen atoms in total. The average Bonchev–Trinajstić information content (AvgIpc) is 2.65. The van der Waals surface area contributed by atoms with Crippen LogP contribution in [0.1, 0.15) is 0 Å². The van der Waals surface area contributed by atoms with E-state index < -0.39 is 16.1 Å². The maximum atomic E-state index is 12.5. The second-order valence-electron chi connectivity index (χ2n) is 5.29. The molecular formula is C19H16N2O4S. The van der Waals surface area contributed by atoms with Gasteiger partial charge in [-0.25, -0.2) is 13.2 Å². The van der Waals surface area contributed by atoms with Gasteiger partial charge in [0, 0.05) is 0 Å². The van der Waals surface area contributed by atoms with E-state index in [-0.39, 0.29) is 16.3 Å². The summed E-state index contributed by atoms with van der Waals surface area (Å²) < 4.78 is 32.6. The second kappa shape index (κ2) is 7.71. The van der Waals surface area contributed by atoms with Crippen LogP contribution in [0.4, 0.5) is 16.2 Å². The summed E-state index contributed by atoms with van der Waals surface area (Å²) in [4.78, 5) is 12.2. The van der Waals surface area contributed by atoms with Gasteiger partial charge in [0.05, 0.1) is 16.3 Å². The quantitative estimate of drug-likeness (QED) is 0.710. The minimum Gasteiger partial charge on any atom is -0.410 e. The first kappa shape index (κ1) is 17.5. The number of benzene rings is 3. The molecule has 26 heavy (non-hydrogen) atoms. The Balaban J connectivity index is 1.77. The molecule has 0 aliphatic rings. The number of para-hydroxylation sites is 3. The van der Waals surface area contributed by atoms with E-state index in [1.54, 1.807) is 72.8 Å². The van der Waals surface area contributed by atoms with Crippen molar-refractivity contribution < 1.29 is 17.9 Å². The van der Waals surface area contributed by atoms with Crippen LogP contribution < -0.4 is 14.8 Å². The number of hydrogen-bond donors (Lipinski definition) is 2. The lowest BCUT2D eigenvalue weighted by atomic mass is 10.3. The molecule has 0 saturated heterocycles. The van der Waals surface area contributed by atoms with E-state index in [1.165, 1.54) is 12.1 Å². The molecule has 3 aromatic carbocycles. The normalized spacial score (nSPS) is 10.8. The summed E-state index contributed by atoms with van der Waals surface area (Å²) in [6.07, 6.45) is -0.720. The van der Waals surface area contributed by atoms with Crippen molar-refractivity contribution in [1.82, 2.24) is 0 Å². The number of ether oxygens (including phenoxy) is 1. The molecule has 0 aliphatic carbocycles. The van der Waals surface area contributed by atoms with Gasteiger partial charge in [-0.05, 0) is 36.4 Å². The van der Waals surface area contributed by atoms with Gasteiger partial charge in [0.25, 0.3) is 10.0 Å². The number of nitrogens with one attached hydrogen (secondary N) is 2. The van der Waals surface area contributed by atoms with Crippen molar-refractivity contribution in [3.8, 4) is 5.75 Å². The van der Waals surface area contributed by atoms with Crippen molar-refractivity contribution in [2.45, 2.75) is 4.90 Å². The molecule has 0 aliphatic heterocycles. The molecule has 0 saturated carbocycles. The number of sulfonamides is 1. The highest BCUT2D eigenvalue weighted by atomic mass is 32.2. The summed E-state index contributed by atoms with van der Waals surface area (Å²) in [5.41, 5.74) is 0.523. The summed E-state index contributed by atoms with van der Waals surface area (Å²) in [7, 11) is -3.77. The molecule has 0 bridgehead atoms. The summed E-state index contributed by atoms with van der Waals surface area (Å²) in [6, 6.07) is 23.0. The number of carbonyl (C=O) groups excluding carboxylic acids is 1. The highest BCUT2D eigenvalue weighted by Crippen LogP contribution is 2.24. The number of carbonyl (C=O) groups is 1. The number of hydrogen-bond acceptors (Lipinski definition) is 4. The highest BCUT2D eigenvalue weighted by Gasteiger charge is 2.16. The van der Waals surface area contributed by atoms with E-state index in [9.17, 15) is 13.2 Å². The lowest BCUT2D eigenvalue weighted by Gasteiger charge is -2.13. The molecule has 0 unspecified atom stereocenters. The molecule has 1 amide bonds. The topological polar surface area (TPSA) is 84.5 Å². The monoisotopic (exact) mass is 368 g/mol. The fourth-order valence-corrected chi connectivity index (χ4v) is 3.32. The lowest BCUT2D eigenvalue weighted by Crippen LogP contribution is -2.19. The van der Waals surface area contributed by atoms with Gasteiger partial charge in [-0.15, -0.1) is 0 Å². The van der Waals surface area contributed by atoms with Gasteiger partial charge < -0.3 is 4.74 Å². The molecule has 3 rings (SSSR count). The smallest absolute Gasteiger partial charge is 0.410 e. The number of amides is 1. The molecule has 0 heterocycles. The van der Waals surface area contributed by atoms with E-state index in [0.717, 1.165) is 0 Å². The first-order valence-electron chi connectivity index (χ1n) is 7.75. The van der Waals surface area contributed by atoms with Crippen molar-refractivity contribution in [1.29, 1.82) is 0 Å². The first-order chi connectivity index (χ1) is 12.5. The Morgan fingerprint density at radius 3 is 1.92 bits per heavy atom. The fourth-order valence-electron chi connectivity index (χ4n) is 2.22. The molecule has 7 heteroatoms. The van der Waals surface area contributed by atoms with E-state index in [2.05, 4.69) is 10.0 Å². The van der Waals surface area contributed by atoms with Crippen LogP contribution in [-0.4, -0.2) is 14.5 Å². The van der Waals surface area contributed by atoms with Crippen LogP contribution in [0.25, 0.3) is 0 Å². The van der Waals surface area contributed by atoms with Crippen LogP contribution in [-0.2, 0) is 10.0 Å². The SMILES string of the molecule is O=C(Nc1ccccc1NS(=O)(=O)c1ccccc1)Oc1ccccc1. The Hall–Kier alpha value is -3.32. The molecule has 0 spiro atoms. The summed E-state index contributed by atoms with van der Waals surface area (Å²) >= 11 is 0. The fraction of sp³-hybridized carbons (Fsp3) is 0. The third-order valence-corrected chi connectivity index (χ3v) is 4.80. The molecule has 132 valence electrons. The largest absolute Gasteiger partial charge is 0.417 e. The zero-order valence-electron chi connectivity index (χ0n) is 13.6. The maximum absolute atomic E-state index is 12.5. The van der Waals surface area contributed by atoms with Gasteiger partial charge in [-0.2, -0.15) is 0 Å². The van der Waals surface area contributed by atoms with Crippen molar-refractivity contribution in [3.63, 3.8) is 0 Å². The first-order valence-corrected chi connectivity index (χ1v) is 9.24. The van der Waals surface area contributed by atoms with Crippen LogP contribution in [0.3, 0.4) is 0 Å². The Kier molecular flexibility index (Phi) is 5.19. The van der Waals surface area contributed by atoms with E-state index >= 15 is 0 Å². The molecular weight excluding hydrogens is 352 g/mol. The predicted octanol–water partition coefficient (Wildman–Crippen LogP) is 4.10. The molecule has 0 atom stereocenters. The Morgan fingerprint density at radius 1 is 0.731 bits per heavy atom. The molecule has 0 fully saturated rings. The van der Waals surface area contributed by atoms with Gasteiger partial charge in [0.1, 0.15) is 5.75 Å². The molecule has 0 aromatic heterocycles. The van der Waals surface area contributed by atoms with Crippen LogP contribution in [0.2, 0.25) is 0 Å². The summed E-state index contributed by atoms with van der Waals surface area (Å²) in [5.74, 6) is 0.382. The van der Waals surface area contributed by atoms with Gasteiger partial charge >= 0.3 is 6.09 Å². The van der Waals surface area contributed by atoms with E-state index in [4.69, 9.17) is 4.74 Å². The minimum absolute atomic E-state index is 0.127. The Bertz CT molecular complexity index is 990. The van der Waals surface area contributed by atoms with Crippen LogP contribution in [0.15, 0.2) is 89.8 Å². The van der Waals surface area contributed by atoms with Gasteiger partial charge in [0.2, 0.25) is 0 Å². The zero-order valence-corrected chi connectivity index (χ0v) is 14.4. The second-order valence-corrected chi connectivity index (χ2v) is 6.97. The van der Waals surface area contributed by atoms with Crippen molar-refractivity contribution >= 4 is 27.5 Å². The lowest BCUT2D eigenvalue weighted by molar-refractivity contribution is 0.215. The Morgan fingerprint density at radius 2 is 1.27 bits per heavy atom. The van der Waals surface area contributed by atoms with Crippen LogP contribution in [0.5, 0.6) is 5.75 Å². The van der Waals surface area contributed by atoms with Crippen molar-refractivity contribution in [3.05, 3.63) is 84.9 Å². The average molecular weight is 368 g/mol. The standard InChI is InChI=1S/C19H16N2O4S/c22-19(25-15-9-3-1-4-10-15)20-17-13-7-8-14-18(17)21-26(23,24)16-11-5-2-6-12-16/h1-14,21H,(H,20,22). The number of anilines is 2. The molecule has 0 radical (unpaired) electrons. The molecule has 2 N–H and O–H groups in total. The van der Waals surface area contributed by atoms with Crippen LogP contribution >= 0.6 is 0 Å². The maximum Gasteiger partial charge on any atom is 0.417 e. The predicted molar refractivity (Wildman–Crippen MR) is 99.8 cm³/mol. The summed E-state index contributed by atoms with van der Waals surface area (Å²) in [6.45, 7) is 0. The Labute approximate surface area is 151 Å². The van der Waals surface area contributed by atoms with Gasteiger partial charge in [-0.1, -0.05) is 48.5 Å². The summed E-state index contributed by atoms with van der Waals surface area (Å²) in [5, 5.41) is 2.54. The van der Waals surface area contributed by atoms with Crippen molar-refractivity contribution in [2.24, 2.45) is 0 Å². The van der Waals surface area contributed by atoms with Gasteiger partial charge in [-0.3, -0.25) is 10.0 Å². The number of rotatable bonds is 5. The third-order valence-electron chi connectivity index (χ3n) is 3.42.